The maximum absolute atomic E-state index is 12.4. The van der Waals surface area contributed by atoms with Gasteiger partial charge >= 0.3 is 0 Å². The fourth-order valence-corrected chi connectivity index (χ4v) is 2.80. The predicted octanol–water partition coefficient (Wildman–Crippen LogP) is 4.67. The highest BCUT2D eigenvalue weighted by Gasteiger charge is 2.07. The predicted molar refractivity (Wildman–Crippen MR) is 110 cm³/mol. The Bertz CT molecular complexity index is 908. The van der Waals surface area contributed by atoms with Gasteiger partial charge in [0.25, 0.3) is 0 Å². The molecule has 0 saturated carbocycles. The number of amides is 1. The first-order valence-corrected chi connectivity index (χ1v) is 9.15. The zero-order valence-electron chi connectivity index (χ0n) is 16.0. The van der Waals surface area contributed by atoms with Gasteiger partial charge in [0.2, 0.25) is 5.91 Å². The molecule has 0 unspecified atom stereocenters. The number of aromatic nitrogens is 2. The zero-order valence-corrected chi connectivity index (χ0v) is 16.0. The summed E-state index contributed by atoms with van der Waals surface area (Å²) in [4.78, 5) is 14.1. The Labute approximate surface area is 160 Å². The van der Waals surface area contributed by atoms with Gasteiger partial charge in [0.05, 0.1) is 11.9 Å². The fourth-order valence-electron chi connectivity index (χ4n) is 2.80. The second-order valence-corrected chi connectivity index (χ2v) is 6.98. The van der Waals surface area contributed by atoms with Crippen molar-refractivity contribution in [2.45, 2.75) is 26.3 Å². The number of rotatable bonds is 6. The topological polar surface area (TPSA) is 38.1 Å². The molecule has 3 aromatic rings. The Hall–Kier alpha value is -3.14. The van der Waals surface area contributed by atoms with Crippen molar-refractivity contribution in [3.8, 4) is 5.69 Å². The first-order chi connectivity index (χ1) is 13.0. The van der Waals surface area contributed by atoms with Crippen LogP contribution in [-0.2, 0) is 11.3 Å². The summed E-state index contributed by atoms with van der Waals surface area (Å²) in [5, 5.41) is 4.34. The summed E-state index contributed by atoms with van der Waals surface area (Å²) in [5.74, 6) is 0.480. The van der Waals surface area contributed by atoms with Crippen LogP contribution in [0, 0.1) is 0 Å². The minimum atomic E-state index is -0.0320. The van der Waals surface area contributed by atoms with Crippen LogP contribution in [-0.4, -0.2) is 27.6 Å². The number of benzene rings is 2. The van der Waals surface area contributed by atoms with Crippen molar-refractivity contribution in [3.63, 3.8) is 0 Å². The highest BCUT2D eigenvalue weighted by molar-refractivity contribution is 5.91. The molecular weight excluding hydrogens is 334 g/mol. The first-order valence-electron chi connectivity index (χ1n) is 9.15. The summed E-state index contributed by atoms with van der Waals surface area (Å²) in [6, 6.07) is 18.3. The Morgan fingerprint density at radius 2 is 1.81 bits per heavy atom. The molecular formula is C23H25N3O. The third-order valence-electron chi connectivity index (χ3n) is 4.48. The van der Waals surface area contributed by atoms with E-state index in [0.717, 1.165) is 16.8 Å². The van der Waals surface area contributed by atoms with E-state index in [0.29, 0.717) is 12.5 Å². The average molecular weight is 359 g/mol. The lowest BCUT2D eigenvalue weighted by atomic mass is 10.0. The van der Waals surface area contributed by atoms with Gasteiger partial charge < -0.3 is 4.90 Å². The van der Waals surface area contributed by atoms with Gasteiger partial charge in [0.1, 0.15) is 0 Å². The highest BCUT2D eigenvalue weighted by atomic mass is 16.2. The molecule has 0 aliphatic rings. The number of nitrogens with zero attached hydrogens (tertiary/aromatic N) is 3. The van der Waals surface area contributed by atoms with E-state index < -0.39 is 0 Å². The largest absolute Gasteiger partial charge is 0.338 e. The summed E-state index contributed by atoms with van der Waals surface area (Å²) in [7, 11) is 1.82. The number of carbonyl (C=O) groups excluding carboxylic acids is 1. The van der Waals surface area contributed by atoms with Crippen LogP contribution in [0.25, 0.3) is 11.8 Å². The Balaban J connectivity index is 1.60. The van der Waals surface area contributed by atoms with Crippen molar-refractivity contribution < 1.29 is 4.79 Å². The molecule has 0 saturated heterocycles. The SMILES string of the molecule is CC(C)c1ccc(CN(C)C(=O)/C=C/c2cnn(-c3ccccc3)c2)cc1. The van der Waals surface area contributed by atoms with Gasteiger partial charge in [-0.2, -0.15) is 5.10 Å². The number of para-hydroxylation sites is 1. The molecule has 2 aromatic carbocycles. The molecule has 27 heavy (non-hydrogen) atoms. The van der Waals surface area contributed by atoms with Gasteiger partial charge in [-0.1, -0.05) is 56.3 Å². The van der Waals surface area contributed by atoms with Crippen molar-refractivity contribution in [3.05, 3.63) is 89.8 Å². The summed E-state index contributed by atoms with van der Waals surface area (Å²) in [5.41, 5.74) is 4.32. The van der Waals surface area contributed by atoms with E-state index in [9.17, 15) is 4.79 Å². The van der Waals surface area contributed by atoms with Crippen LogP contribution in [0.4, 0.5) is 0 Å². The number of carbonyl (C=O) groups is 1. The van der Waals surface area contributed by atoms with Crippen LogP contribution < -0.4 is 0 Å². The van der Waals surface area contributed by atoms with E-state index in [2.05, 4.69) is 43.2 Å². The van der Waals surface area contributed by atoms with E-state index in [-0.39, 0.29) is 5.91 Å². The Kier molecular flexibility index (Phi) is 5.87. The van der Waals surface area contributed by atoms with Gasteiger partial charge in [0.15, 0.2) is 0 Å². The fraction of sp³-hybridized carbons (Fsp3) is 0.217. The summed E-state index contributed by atoms with van der Waals surface area (Å²) < 4.78 is 1.80. The lowest BCUT2D eigenvalue weighted by molar-refractivity contribution is -0.125. The van der Waals surface area contributed by atoms with Crippen LogP contribution >= 0.6 is 0 Å². The lowest BCUT2D eigenvalue weighted by Crippen LogP contribution is -2.24. The molecule has 0 N–H and O–H groups in total. The van der Waals surface area contributed by atoms with Crippen LogP contribution in [0.1, 0.15) is 36.5 Å². The molecule has 0 bridgehead atoms. The molecule has 1 heterocycles. The van der Waals surface area contributed by atoms with E-state index >= 15 is 0 Å². The highest BCUT2D eigenvalue weighted by Crippen LogP contribution is 2.15. The molecule has 0 radical (unpaired) electrons. The third-order valence-corrected chi connectivity index (χ3v) is 4.48. The van der Waals surface area contributed by atoms with E-state index in [1.165, 1.54) is 5.56 Å². The quantitative estimate of drug-likeness (QED) is 0.600. The van der Waals surface area contributed by atoms with Gasteiger partial charge in [-0.25, -0.2) is 4.68 Å². The van der Waals surface area contributed by atoms with Crippen molar-refractivity contribution in [1.29, 1.82) is 0 Å². The van der Waals surface area contributed by atoms with Crippen LogP contribution in [0.15, 0.2) is 73.1 Å². The van der Waals surface area contributed by atoms with E-state index in [1.54, 1.807) is 27.9 Å². The summed E-state index contributed by atoms with van der Waals surface area (Å²) >= 11 is 0. The maximum Gasteiger partial charge on any atom is 0.246 e. The number of hydrogen-bond acceptors (Lipinski definition) is 2. The molecule has 1 amide bonds. The third kappa shape index (κ3) is 4.94. The molecule has 3 rings (SSSR count). The van der Waals surface area contributed by atoms with Crippen molar-refractivity contribution in [1.82, 2.24) is 14.7 Å². The average Bonchev–Trinajstić information content (AvgIpc) is 3.16. The number of likely N-dealkylation sites (N-methyl/N-ethyl adjacent to an activating group) is 1. The molecule has 138 valence electrons. The van der Waals surface area contributed by atoms with Gasteiger partial charge in [0, 0.05) is 31.4 Å². The first kappa shape index (κ1) is 18.6. The molecule has 0 atom stereocenters. The van der Waals surface area contributed by atoms with E-state index in [4.69, 9.17) is 0 Å². The van der Waals surface area contributed by atoms with Crippen LogP contribution in [0.5, 0.6) is 0 Å². The molecule has 0 fully saturated rings. The summed E-state index contributed by atoms with van der Waals surface area (Å²) in [6.45, 7) is 4.94. The van der Waals surface area contributed by atoms with Crippen LogP contribution in [0.3, 0.4) is 0 Å². The van der Waals surface area contributed by atoms with Crippen molar-refractivity contribution >= 4 is 12.0 Å². The molecule has 1 aromatic heterocycles. The molecule has 0 aliphatic heterocycles. The monoisotopic (exact) mass is 359 g/mol. The lowest BCUT2D eigenvalue weighted by Gasteiger charge is -2.15. The number of hydrogen-bond donors (Lipinski definition) is 0. The molecule has 0 spiro atoms. The minimum absolute atomic E-state index is 0.0320. The molecule has 0 aliphatic carbocycles. The van der Waals surface area contributed by atoms with Gasteiger partial charge in [-0.3, -0.25) is 4.79 Å². The van der Waals surface area contributed by atoms with Gasteiger partial charge in [-0.05, 0) is 35.3 Å². The second-order valence-electron chi connectivity index (χ2n) is 6.98. The van der Waals surface area contributed by atoms with Crippen LogP contribution in [0.2, 0.25) is 0 Å². The molecule has 4 nitrogen and oxygen atoms in total. The van der Waals surface area contributed by atoms with E-state index in [1.807, 2.05) is 43.6 Å². The Morgan fingerprint density at radius 1 is 1.11 bits per heavy atom. The smallest absolute Gasteiger partial charge is 0.246 e. The zero-order chi connectivity index (χ0) is 19.2. The molecule has 4 heteroatoms. The van der Waals surface area contributed by atoms with Gasteiger partial charge in [-0.15, -0.1) is 0 Å². The summed E-state index contributed by atoms with van der Waals surface area (Å²) in [6.07, 6.45) is 7.05. The minimum Gasteiger partial charge on any atom is -0.338 e. The Morgan fingerprint density at radius 3 is 2.48 bits per heavy atom. The maximum atomic E-state index is 12.4. The van der Waals surface area contributed by atoms with Crippen molar-refractivity contribution in [2.75, 3.05) is 7.05 Å². The second kappa shape index (κ2) is 8.49. The van der Waals surface area contributed by atoms with Crippen molar-refractivity contribution in [2.24, 2.45) is 0 Å². The standard InChI is InChI=1S/C23H25N3O/c1-18(2)21-12-9-19(10-13-21)16-25(3)23(27)14-11-20-15-24-26(17-20)22-7-5-4-6-8-22/h4-15,17-18H,16H2,1-3H3/b14-11+. The normalized spacial score (nSPS) is 11.3.